The molecule has 0 atom stereocenters. The number of fused-ring (bicyclic) bond motifs is 1. The molecule has 0 saturated heterocycles. The zero-order valence-electron chi connectivity index (χ0n) is 8.74. The Labute approximate surface area is 93.4 Å². The summed E-state index contributed by atoms with van der Waals surface area (Å²) in [4.78, 5) is 8.04. The van der Waals surface area contributed by atoms with Crippen LogP contribution in [-0.2, 0) is 6.54 Å². The molecule has 3 rings (SSSR count). The van der Waals surface area contributed by atoms with Gasteiger partial charge in [-0.3, -0.25) is 0 Å². The molecule has 0 amide bonds. The van der Waals surface area contributed by atoms with Gasteiger partial charge in [0.1, 0.15) is 6.33 Å². The highest BCUT2D eigenvalue weighted by Crippen LogP contribution is 2.16. The summed E-state index contributed by atoms with van der Waals surface area (Å²) in [6, 6.07) is 10.5. The van der Waals surface area contributed by atoms with Gasteiger partial charge in [-0.1, -0.05) is 18.2 Å². The monoisotopic (exact) mass is 209 g/mol. The van der Waals surface area contributed by atoms with E-state index in [0.29, 0.717) is 0 Å². The summed E-state index contributed by atoms with van der Waals surface area (Å²) in [5.41, 5.74) is 2.36. The van der Waals surface area contributed by atoms with Crippen LogP contribution in [0.4, 0.5) is 0 Å². The van der Waals surface area contributed by atoms with Gasteiger partial charge in [-0.25, -0.2) is 9.97 Å². The SMILES string of the molecule is c1ccc2c(c1)ccn2Cc1cncnc1. The largest absolute Gasteiger partial charge is 0.343 e. The maximum absolute atomic E-state index is 4.02. The van der Waals surface area contributed by atoms with Crippen molar-refractivity contribution in [2.75, 3.05) is 0 Å². The maximum atomic E-state index is 4.02. The predicted octanol–water partition coefficient (Wildman–Crippen LogP) is 2.48. The molecule has 3 heteroatoms. The molecule has 16 heavy (non-hydrogen) atoms. The van der Waals surface area contributed by atoms with E-state index < -0.39 is 0 Å². The first kappa shape index (κ1) is 9.09. The molecule has 0 unspecified atom stereocenters. The Bertz CT molecular complexity index is 599. The van der Waals surface area contributed by atoms with Gasteiger partial charge in [0.05, 0.1) is 6.54 Å². The highest BCUT2D eigenvalue weighted by Gasteiger charge is 2.00. The smallest absolute Gasteiger partial charge is 0.115 e. The molecule has 0 N–H and O–H groups in total. The van der Waals surface area contributed by atoms with Crippen LogP contribution in [0.3, 0.4) is 0 Å². The predicted molar refractivity (Wildman–Crippen MR) is 63.1 cm³/mol. The molecule has 0 bridgehead atoms. The average molecular weight is 209 g/mol. The number of hydrogen-bond acceptors (Lipinski definition) is 2. The Morgan fingerprint density at radius 2 is 1.81 bits per heavy atom. The summed E-state index contributed by atoms with van der Waals surface area (Å²) in [7, 11) is 0. The Kier molecular flexibility index (Phi) is 2.14. The van der Waals surface area contributed by atoms with E-state index in [9.17, 15) is 0 Å². The number of para-hydroxylation sites is 1. The third-order valence-electron chi connectivity index (χ3n) is 2.65. The second-order valence-electron chi connectivity index (χ2n) is 3.75. The van der Waals surface area contributed by atoms with Gasteiger partial charge < -0.3 is 4.57 Å². The van der Waals surface area contributed by atoms with E-state index in [1.807, 2.05) is 12.4 Å². The lowest BCUT2D eigenvalue weighted by molar-refractivity contribution is 0.824. The number of nitrogens with zero attached hydrogens (tertiary/aromatic N) is 3. The fourth-order valence-corrected chi connectivity index (χ4v) is 1.89. The lowest BCUT2D eigenvalue weighted by Crippen LogP contribution is -1.98. The van der Waals surface area contributed by atoms with Crippen molar-refractivity contribution >= 4 is 10.9 Å². The van der Waals surface area contributed by atoms with E-state index in [2.05, 4.69) is 51.1 Å². The molecular weight excluding hydrogens is 198 g/mol. The van der Waals surface area contributed by atoms with Crippen molar-refractivity contribution in [3.63, 3.8) is 0 Å². The molecule has 0 aliphatic heterocycles. The van der Waals surface area contributed by atoms with Gasteiger partial charge in [-0.2, -0.15) is 0 Å². The van der Waals surface area contributed by atoms with Crippen LogP contribution in [0.15, 0.2) is 55.2 Å². The van der Waals surface area contributed by atoms with Crippen LogP contribution < -0.4 is 0 Å². The molecule has 1 aromatic carbocycles. The van der Waals surface area contributed by atoms with Gasteiger partial charge in [0.25, 0.3) is 0 Å². The van der Waals surface area contributed by atoms with Gasteiger partial charge in [-0.15, -0.1) is 0 Å². The molecule has 0 aliphatic carbocycles. The van der Waals surface area contributed by atoms with Crippen molar-refractivity contribution in [2.45, 2.75) is 6.54 Å². The van der Waals surface area contributed by atoms with Crippen molar-refractivity contribution in [2.24, 2.45) is 0 Å². The topological polar surface area (TPSA) is 30.7 Å². The molecule has 0 saturated carbocycles. The zero-order chi connectivity index (χ0) is 10.8. The molecule has 3 nitrogen and oxygen atoms in total. The summed E-state index contributed by atoms with van der Waals surface area (Å²) in [5.74, 6) is 0. The molecule has 0 aliphatic rings. The van der Waals surface area contributed by atoms with Gasteiger partial charge in [0.15, 0.2) is 0 Å². The first-order valence-corrected chi connectivity index (χ1v) is 5.21. The number of benzene rings is 1. The molecule has 3 aromatic rings. The van der Waals surface area contributed by atoms with Gasteiger partial charge in [-0.05, 0) is 17.5 Å². The van der Waals surface area contributed by atoms with Gasteiger partial charge in [0, 0.05) is 29.7 Å². The highest BCUT2D eigenvalue weighted by atomic mass is 15.0. The average Bonchev–Trinajstić information content (AvgIpc) is 2.74. The van der Waals surface area contributed by atoms with Gasteiger partial charge in [0.2, 0.25) is 0 Å². The zero-order valence-corrected chi connectivity index (χ0v) is 8.74. The van der Waals surface area contributed by atoms with Crippen LogP contribution in [0.5, 0.6) is 0 Å². The van der Waals surface area contributed by atoms with Crippen LogP contribution in [0.1, 0.15) is 5.56 Å². The summed E-state index contributed by atoms with van der Waals surface area (Å²) in [5, 5.41) is 1.26. The molecule has 0 radical (unpaired) electrons. The van der Waals surface area contributed by atoms with Crippen molar-refractivity contribution < 1.29 is 0 Å². The van der Waals surface area contributed by atoms with E-state index in [4.69, 9.17) is 0 Å². The highest BCUT2D eigenvalue weighted by molar-refractivity contribution is 5.79. The normalized spacial score (nSPS) is 10.8. The Hall–Kier alpha value is -2.16. The summed E-state index contributed by atoms with van der Waals surface area (Å²) < 4.78 is 2.20. The van der Waals surface area contributed by atoms with Crippen molar-refractivity contribution in [3.05, 3.63) is 60.8 Å². The minimum absolute atomic E-state index is 0.814. The quantitative estimate of drug-likeness (QED) is 0.649. The van der Waals surface area contributed by atoms with E-state index >= 15 is 0 Å². The minimum Gasteiger partial charge on any atom is -0.343 e. The summed E-state index contributed by atoms with van der Waals surface area (Å²) in [6.45, 7) is 0.814. The van der Waals surface area contributed by atoms with Crippen LogP contribution in [0, 0.1) is 0 Å². The van der Waals surface area contributed by atoms with Gasteiger partial charge >= 0.3 is 0 Å². The lowest BCUT2D eigenvalue weighted by atomic mass is 10.2. The number of aromatic nitrogens is 3. The van der Waals surface area contributed by atoms with E-state index in [0.717, 1.165) is 12.1 Å². The molecular formula is C13H11N3. The van der Waals surface area contributed by atoms with Crippen LogP contribution in [0.2, 0.25) is 0 Å². The molecule has 2 aromatic heterocycles. The van der Waals surface area contributed by atoms with Crippen molar-refractivity contribution in [3.8, 4) is 0 Å². The van der Waals surface area contributed by atoms with Crippen molar-refractivity contribution in [1.29, 1.82) is 0 Å². The third-order valence-corrected chi connectivity index (χ3v) is 2.65. The van der Waals surface area contributed by atoms with Crippen LogP contribution in [-0.4, -0.2) is 14.5 Å². The van der Waals surface area contributed by atoms with Crippen LogP contribution in [0.25, 0.3) is 10.9 Å². The maximum Gasteiger partial charge on any atom is 0.115 e. The van der Waals surface area contributed by atoms with E-state index in [1.54, 1.807) is 6.33 Å². The van der Waals surface area contributed by atoms with Crippen molar-refractivity contribution in [1.82, 2.24) is 14.5 Å². The minimum atomic E-state index is 0.814. The number of rotatable bonds is 2. The fraction of sp³-hybridized carbons (Fsp3) is 0.0769. The first-order chi connectivity index (χ1) is 7.93. The van der Waals surface area contributed by atoms with E-state index in [-0.39, 0.29) is 0 Å². The first-order valence-electron chi connectivity index (χ1n) is 5.21. The second-order valence-corrected chi connectivity index (χ2v) is 3.75. The lowest BCUT2D eigenvalue weighted by Gasteiger charge is -2.04. The fourth-order valence-electron chi connectivity index (χ4n) is 1.89. The number of hydrogen-bond donors (Lipinski definition) is 0. The molecule has 0 spiro atoms. The molecule has 78 valence electrons. The standard InChI is InChI=1S/C13H11N3/c1-2-4-13-12(3-1)5-6-16(13)9-11-7-14-10-15-8-11/h1-8,10H,9H2. The Morgan fingerprint density at radius 3 is 2.69 bits per heavy atom. The Balaban J connectivity index is 2.01. The molecule has 2 heterocycles. The summed E-state index contributed by atoms with van der Waals surface area (Å²) in [6.07, 6.45) is 7.35. The Morgan fingerprint density at radius 1 is 1.00 bits per heavy atom. The third kappa shape index (κ3) is 1.56. The second kappa shape index (κ2) is 3.77. The summed E-state index contributed by atoms with van der Waals surface area (Å²) >= 11 is 0. The van der Waals surface area contributed by atoms with E-state index in [1.165, 1.54) is 10.9 Å². The molecule has 0 fully saturated rings. The van der Waals surface area contributed by atoms with Crippen LogP contribution >= 0.6 is 0 Å².